The summed E-state index contributed by atoms with van der Waals surface area (Å²) in [4.78, 5) is 6.85. The van der Waals surface area contributed by atoms with Crippen molar-refractivity contribution in [3.63, 3.8) is 0 Å². The summed E-state index contributed by atoms with van der Waals surface area (Å²) in [5.74, 6) is 1.19. The number of ether oxygens (including phenoxy) is 1. The Morgan fingerprint density at radius 1 is 1.29 bits per heavy atom. The molecule has 1 N–H and O–H groups in total. The third-order valence-electron chi connectivity index (χ3n) is 4.64. The fourth-order valence-corrected chi connectivity index (χ4v) is 3.25. The molecule has 2 heterocycles. The first-order valence-corrected chi connectivity index (χ1v) is 8.13. The standard InChI is InChI=1S/C15H25N3O3/c1-2-18-8-9-20-13(10-18)14-16-15(21-17-14)11-6-4-3-5-7-12(11)19/h11-13,19H,2-10H2,1H3. The molecule has 1 aromatic rings. The second-order valence-electron chi connectivity index (χ2n) is 6.06. The van der Waals surface area contributed by atoms with Crippen LogP contribution in [0.5, 0.6) is 0 Å². The average molecular weight is 295 g/mol. The fraction of sp³-hybridized carbons (Fsp3) is 0.867. The second-order valence-corrected chi connectivity index (χ2v) is 6.06. The summed E-state index contributed by atoms with van der Waals surface area (Å²) in [6.07, 6.45) is 4.64. The van der Waals surface area contributed by atoms with E-state index < -0.39 is 0 Å². The molecule has 1 aliphatic carbocycles. The number of hydrogen-bond donors (Lipinski definition) is 1. The van der Waals surface area contributed by atoms with E-state index in [1.54, 1.807) is 0 Å². The van der Waals surface area contributed by atoms with Gasteiger partial charge >= 0.3 is 0 Å². The van der Waals surface area contributed by atoms with E-state index in [1.807, 2.05) is 0 Å². The molecule has 2 fully saturated rings. The molecule has 21 heavy (non-hydrogen) atoms. The summed E-state index contributed by atoms with van der Waals surface area (Å²) in [5.41, 5.74) is 0. The third kappa shape index (κ3) is 3.44. The van der Waals surface area contributed by atoms with Crippen molar-refractivity contribution >= 4 is 0 Å². The zero-order valence-corrected chi connectivity index (χ0v) is 12.7. The highest BCUT2D eigenvalue weighted by atomic mass is 16.5. The minimum atomic E-state index is -0.361. The van der Waals surface area contributed by atoms with Crippen LogP contribution in [-0.4, -0.2) is 52.5 Å². The molecule has 0 amide bonds. The van der Waals surface area contributed by atoms with Crippen LogP contribution in [0.25, 0.3) is 0 Å². The maximum Gasteiger partial charge on any atom is 0.232 e. The summed E-state index contributed by atoms with van der Waals surface area (Å²) < 4.78 is 11.2. The van der Waals surface area contributed by atoms with Gasteiger partial charge in [-0.15, -0.1) is 0 Å². The molecule has 0 bridgehead atoms. The van der Waals surface area contributed by atoms with Crippen LogP contribution in [0.3, 0.4) is 0 Å². The van der Waals surface area contributed by atoms with Crippen LogP contribution in [0.15, 0.2) is 4.52 Å². The minimum Gasteiger partial charge on any atom is -0.392 e. The van der Waals surface area contributed by atoms with Crippen molar-refractivity contribution in [1.82, 2.24) is 15.0 Å². The number of aliphatic hydroxyl groups is 1. The normalized spacial score (nSPS) is 32.0. The first kappa shape index (κ1) is 14.9. The molecule has 2 aliphatic rings. The number of hydrogen-bond acceptors (Lipinski definition) is 6. The van der Waals surface area contributed by atoms with Crippen LogP contribution in [0.2, 0.25) is 0 Å². The highest BCUT2D eigenvalue weighted by Gasteiger charge is 2.31. The Labute approximate surface area is 125 Å². The Hall–Kier alpha value is -0.980. The molecule has 3 rings (SSSR count). The molecule has 1 saturated carbocycles. The molecular formula is C15H25N3O3. The van der Waals surface area contributed by atoms with Crippen LogP contribution < -0.4 is 0 Å². The summed E-state index contributed by atoms with van der Waals surface area (Å²) in [6, 6.07) is 0. The van der Waals surface area contributed by atoms with Crippen LogP contribution in [0.4, 0.5) is 0 Å². The van der Waals surface area contributed by atoms with Crippen LogP contribution >= 0.6 is 0 Å². The van der Waals surface area contributed by atoms with E-state index in [0.717, 1.165) is 45.3 Å². The van der Waals surface area contributed by atoms with Gasteiger partial charge in [-0.1, -0.05) is 31.3 Å². The van der Waals surface area contributed by atoms with E-state index in [1.165, 1.54) is 6.42 Å². The van der Waals surface area contributed by atoms with Gasteiger partial charge in [0.1, 0.15) is 6.10 Å². The van der Waals surface area contributed by atoms with Crippen molar-refractivity contribution in [3.05, 3.63) is 11.7 Å². The molecule has 0 spiro atoms. The van der Waals surface area contributed by atoms with Gasteiger partial charge in [-0.25, -0.2) is 0 Å². The molecule has 6 heteroatoms. The van der Waals surface area contributed by atoms with Gasteiger partial charge in [-0.05, 0) is 19.4 Å². The summed E-state index contributed by atoms with van der Waals surface area (Å²) in [5, 5.41) is 14.3. The Kier molecular flexibility index (Phi) is 4.87. The van der Waals surface area contributed by atoms with Crippen LogP contribution in [0.1, 0.15) is 62.8 Å². The lowest BCUT2D eigenvalue weighted by atomic mass is 9.97. The first-order chi connectivity index (χ1) is 10.3. The number of aliphatic hydroxyl groups excluding tert-OH is 1. The lowest BCUT2D eigenvalue weighted by Gasteiger charge is -2.30. The van der Waals surface area contributed by atoms with Crippen molar-refractivity contribution < 1.29 is 14.4 Å². The Bertz CT molecular complexity index is 451. The Morgan fingerprint density at radius 2 is 2.14 bits per heavy atom. The molecule has 3 unspecified atom stereocenters. The molecule has 1 aliphatic heterocycles. The largest absolute Gasteiger partial charge is 0.392 e. The predicted molar refractivity (Wildman–Crippen MR) is 76.9 cm³/mol. The first-order valence-electron chi connectivity index (χ1n) is 8.13. The molecule has 118 valence electrons. The van der Waals surface area contributed by atoms with Gasteiger partial charge in [-0.3, -0.25) is 4.90 Å². The second kappa shape index (κ2) is 6.85. The number of nitrogens with zero attached hydrogens (tertiary/aromatic N) is 3. The molecule has 1 saturated heterocycles. The molecular weight excluding hydrogens is 270 g/mol. The lowest BCUT2D eigenvalue weighted by molar-refractivity contribution is -0.0334. The molecule has 1 aromatic heterocycles. The Morgan fingerprint density at radius 3 is 3.00 bits per heavy atom. The molecule has 0 aromatic carbocycles. The number of morpholine rings is 1. The number of aromatic nitrogens is 2. The highest BCUT2D eigenvalue weighted by Crippen LogP contribution is 2.32. The van der Waals surface area contributed by atoms with E-state index in [-0.39, 0.29) is 18.1 Å². The monoisotopic (exact) mass is 295 g/mol. The van der Waals surface area contributed by atoms with E-state index >= 15 is 0 Å². The van der Waals surface area contributed by atoms with E-state index in [2.05, 4.69) is 22.0 Å². The van der Waals surface area contributed by atoms with Crippen molar-refractivity contribution in [1.29, 1.82) is 0 Å². The van der Waals surface area contributed by atoms with Gasteiger partial charge in [0.2, 0.25) is 11.7 Å². The third-order valence-corrected chi connectivity index (χ3v) is 4.64. The maximum absolute atomic E-state index is 10.2. The zero-order valence-electron chi connectivity index (χ0n) is 12.7. The Balaban J connectivity index is 1.70. The molecule has 0 radical (unpaired) electrons. The average Bonchev–Trinajstić information content (AvgIpc) is 2.90. The van der Waals surface area contributed by atoms with Gasteiger partial charge in [0.05, 0.1) is 18.6 Å². The van der Waals surface area contributed by atoms with Crippen molar-refractivity contribution in [2.75, 3.05) is 26.2 Å². The quantitative estimate of drug-likeness (QED) is 0.858. The lowest BCUT2D eigenvalue weighted by Crippen LogP contribution is -2.38. The van der Waals surface area contributed by atoms with Crippen molar-refractivity contribution in [2.24, 2.45) is 0 Å². The van der Waals surface area contributed by atoms with Crippen LogP contribution in [-0.2, 0) is 4.74 Å². The molecule has 6 nitrogen and oxygen atoms in total. The van der Waals surface area contributed by atoms with Crippen molar-refractivity contribution in [3.8, 4) is 0 Å². The van der Waals surface area contributed by atoms with Gasteiger partial charge < -0.3 is 14.4 Å². The summed E-state index contributed by atoms with van der Waals surface area (Å²) >= 11 is 0. The van der Waals surface area contributed by atoms with Crippen molar-refractivity contribution in [2.45, 2.75) is 57.2 Å². The van der Waals surface area contributed by atoms with Gasteiger partial charge in [0.25, 0.3) is 0 Å². The molecule has 3 atom stereocenters. The predicted octanol–water partition coefficient (Wildman–Crippen LogP) is 1.87. The van der Waals surface area contributed by atoms with E-state index in [0.29, 0.717) is 18.3 Å². The van der Waals surface area contributed by atoms with Gasteiger partial charge in [0.15, 0.2) is 0 Å². The van der Waals surface area contributed by atoms with Crippen LogP contribution in [0, 0.1) is 0 Å². The maximum atomic E-state index is 10.2. The summed E-state index contributed by atoms with van der Waals surface area (Å²) in [6.45, 7) is 5.62. The van der Waals surface area contributed by atoms with E-state index in [4.69, 9.17) is 9.26 Å². The fourth-order valence-electron chi connectivity index (χ4n) is 3.25. The highest BCUT2D eigenvalue weighted by molar-refractivity contribution is 5.01. The summed E-state index contributed by atoms with van der Waals surface area (Å²) in [7, 11) is 0. The van der Waals surface area contributed by atoms with Gasteiger partial charge in [0, 0.05) is 13.1 Å². The smallest absolute Gasteiger partial charge is 0.232 e. The SMILES string of the molecule is CCN1CCOC(c2noc(C3CCCCCC3O)n2)C1. The topological polar surface area (TPSA) is 71.6 Å². The van der Waals surface area contributed by atoms with Gasteiger partial charge in [-0.2, -0.15) is 4.98 Å². The zero-order chi connectivity index (χ0) is 14.7. The number of rotatable bonds is 3. The number of likely N-dealkylation sites (N-methyl/N-ethyl adjacent to an activating group) is 1. The minimum absolute atomic E-state index is 0.0142. The van der Waals surface area contributed by atoms with E-state index in [9.17, 15) is 5.11 Å².